The Bertz CT molecular complexity index is 766. The number of esters is 1. The Morgan fingerprint density at radius 3 is 2.36 bits per heavy atom. The van der Waals surface area contributed by atoms with Gasteiger partial charge in [-0.25, -0.2) is 14.6 Å². The fourth-order valence-corrected chi connectivity index (χ4v) is 1.79. The van der Waals surface area contributed by atoms with E-state index in [1.807, 2.05) is 0 Å². The number of halogens is 3. The Morgan fingerprint density at radius 1 is 1.08 bits per heavy atom. The summed E-state index contributed by atoms with van der Waals surface area (Å²) in [5, 5.41) is 2.44. The molecule has 0 aliphatic carbocycles. The van der Waals surface area contributed by atoms with Crippen LogP contribution in [0, 0.1) is 0 Å². The molecule has 132 valence electrons. The van der Waals surface area contributed by atoms with Crippen LogP contribution in [0.15, 0.2) is 42.5 Å². The number of ether oxygens (including phenoxy) is 1. The van der Waals surface area contributed by atoms with Crippen LogP contribution in [0.1, 0.15) is 16.1 Å². The third-order valence-corrected chi connectivity index (χ3v) is 2.92. The Hall–Kier alpha value is -3.30. The molecule has 0 bridgehead atoms. The van der Waals surface area contributed by atoms with E-state index in [0.29, 0.717) is 11.8 Å². The van der Waals surface area contributed by atoms with Gasteiger partial charge in [0.25, 0.3) is 0 Å². The van der Waals surface area contributed by atoms with Gasteiger partial charge in [0.1, 0.15) is 11.3 Å². The Kier molecular flexibility index (Phi) is 5.42. The predicted molar refractivity (Wildman–Crippen MR) is 82.8 cm³/mol. The van der Waals surface area contributed by atoms with Crippen LogP contribution in [-0.4, -0.2) is 24.1 Å². The van der Waals surface area contributed by atoms with Crippen LogP contribution < -0.4 is 16.2 Å². The molecule has 0 saturated heterocycles. The van der Waals surface area contributed by atoms with Gasteiger partial charge in [0.05, 0.1) is 7.11 Å². The summed E-state index contributed by atoms with van der Waals surface area (Å²) in [4.78, 5) is 26.7. The SMILES string of the molecule is COC(=O)c1ccc(C(F)(F)F)nc1NNC(=O)Nc1ccccc1. The maximum absolute atomic E-state index is 12.8. The lowest BCUT2D eigenvalue weighted by molar-refractivity contribution is -0.141. The summed E-state index contributed by atoms with van der Waals surface area (Å²) in [6.07, 6.45) is -4.71. The van der Waals surface area contributed by atoms with E-state index in [1.54, 1.807) is 30.3 Å². The lowest BCUT2D eigenvalue weighted by atomic mass is 10.2. The van der Waals surface area contributed by atoms with Gasteiger partial charge >= 0.3 is 18.2 Å². The average molecular weight is 354 g/mol. The van der Waals surface area contributed by atoms with Gasteiger partial charge in [-0.3, -0.25) is 10.9 Å². The normalized spacial score (nSPS) is 10.7. The first-order valence-corrected chi connectivity index (χ1v) is 6.86. The number of aromatic nitrogens is 1. The fraction of sp³-hybridized carbons (Fsp3) is 0.133. The van der Waals surface area contributed by atoms with Crippen molar-refractivity contribution in [2.45, 2.75) is 6.18 Å². The molecule has 0 radical (unpaired) electrons. The van der Waals surface area contributed by atoms with Crippen LogP contribution in [0.5, 0.6) is 0 Å². The smallest absolute Gasteiger partial charge is 0.433 e. The molecular weight excluding hydrogens is 341 g/mol. The van der Waals surface area contributed by atoms with Crippen LogP contribution in [0.2, 0.25) is 0 Å². The molecule has 0 aliphatic rings. The highest BCUT2D eigenvalue weighted by atomic mass is 19.4. The largest absolute Gasteiger partial charge is 0.465 e. The van der Waals surface area contributed by atoms with Crippen molar-refractivity contribution in [3.63, 3.8) is 0 Å². The molecule has 3 N–H and O–H groups in total. The minimum atomic E-state index is -4.71. The molecule has 1 aromatic heterocycles. The standard InChI is InChI=1S/C15H13F3N4O3/c1-25-13(23)10-7-8-11(15(16,17)18)20-12(10)21-22-14(24)19-9-5-3-2-4-6-9/h2-8H,1H3,(H,20,21)(H2,19,22,24). The lowest BCUT2D eigenvalue weighted by Crippen LogP contribution is -2.34. The van der Waals surface area contributed by atoms with Crippen LogP contribution in [0.4, 0.5) is 29.5 Å². The first-order valence-electron chi connectivity index (χ1n) is 6.86. The first kappa shape index (κ1) is 18.0. The van der Waals surface area contributed by atoms with Gasteiger partial charge in [-0.05, 0) is 24.3 Å². The molecule has 0 unspecified atom stereocenters. The Morgan fingerprint density at radius 2 is 1.76 bits per heavy atom. The fourth-order valence-electron chi connectivity index (χ4n) is 1.79. The van der Waals surface area contributed by atoms with Crippen LogP contribution in [0.3, 0.4) is 0 Å². The summed E-state index contributed by atoms with van der Waals surface area (Å²) < 4.78 is 42.8. The minimum Gasteiger partial charge on any atom is -0.465 e. The number of urea groups is 1. The van der Waals surface area contributed by atoms with E-state index in [-0.39, 0.29) is 5.56 Å². The molecule has 25 heavy (non-hydrogen) atoms. The number of hydrogen-bond donors (Lipinski definition) is 3. The first-order chi connectivity index (χ1) is 11.8. The van der Waals surface area contributed by atoms with Crippen molar-refractivity contribution in [2.75, 3.05) is 17.9 Å². The molecule has 0 aliphatic heterocycles. The summed E-state index contributed by atoms with van der Waals surface area (Å²) in [6, 6.07) is 9.13. The van der Waals surface area contributed by atoms with E-state index < -0.39 is 29.7 Å². The molecule has 2 rings (SSSR count). The number of pyridine rings is 1. The van der Waals surface area contributed by atoms with E-state index >= 15 is 0 Å². The number of para-hydroxylation sites is 1. The highest BCUT2D eigenvalue weighted by Crippen LogP contribution is 2.29. The number of alkyl halides is 3. The average Bonchev–Trinajstić information content (AvgIpc) is 2.59. The van der Waals surface area contributed by atoms with Crippen molar-refractivity contribution in [3.8, 4) is 0 Å². The summed E-state index contributed by atoms with van der Waals surface area (Å²) in [6.45, 7) is 0. The zero-order chi connectivity index (χ0) is 18.4. The van der Waals surface area contributed by atoms with Crippen molar-refractivity contribution in [3.05, 3.63) is 53.7 Å². The molecule has 2 aromatic rings. The summed E-state index contributed by atoms with van der Waals surface area (Å²) in [7, 11) is 1.07. The molecule has 0 spiro atoms. The molecule has 1 heterocycles. The van der Waals surface area contributed by atoms with Gasteiger partial charge in [-0.15, -0.1) is 0 Å². The number of benzene rings is 1. The Labute approximate surface area is 140 Å². The van der Waals surface area contributed by atoms with Gasteiger partial charge in [0.2, 0.25) is 0 Å². The number of hydrazine groups is 1. The van der Waals surface area contributed by atoms with E-state index in [2.05, 4.69) is 25.9 Å². The van der Waals surface area contributed by atoms with E-state index in [9.17, 15) is 22.8 Å². The van der Waals surface area contributed by atoms with Gasteiger partial charge in [0.15, 0.2) is 5.82 Å². The number of nitrogens with zero attached hydrogens (tertiary/aromatic N) is 1. The van der Waals surface area contributed by atoms with E-state index in [1.165, 1.54) is 0 Å². The van der Waals surface area contributed by atoms with Crippen molar-refractivity contribution < 1.29 is 27.5 Å². The zero-order valence-electron chi connectivity index (χ0n) is 12.8. The molecule has 10 heteroatoms. The number of amides is 2. The second-order valence-electron chi connectivity index (χ2n) is 4.65. The second-order valence-corrected chi connectivity index (χ2v) is 4.65. The van der Waals surface area contributed by atoms with Gasteiger partial charge < -0.3 is 10.1 Å². The predicted octanol–water partition coefficient (Wildman–Crippen LogP) is 3.04. The number of methoxy groups -OCH3 is 1. The topological polar surface area (TPSA) is 92.3 Å². The number of carbonyl (C=O) groups excluding carboxylic acids is 2. The molecular formula is C15H13F3N4O3. The zero-order valence-corrected chi connectivity index (χ0v) is 12.8. The summed E-state index contributed by atoms with van der Waals surface area (Å²) >= 11 is 0. The van der Waals surface area contributed by atoms with Crippen LogP contribution >= 0.6 is 0 Å². The highest BCUT2D eigenvalue weighted by molar-refractivity contribution is 5.95. The Balaban J connectivity index is 2.15. The quantitative estimate of drug-likeness (QED) is 0.580. The van der Waals surface area contributed by atoms with Crippen molar-refractivity contribution in [1.29, 1.82) is 0 Å². The monoisotopic (exact) mass is 354 g/mol. The number of hydrogen-bond acceptors (Lipinski definition) is 5. The van der Waals surface area contributed by atoms with Crippen molar-refractivity contribution in [1.82, 2.24) is 10.4 Å². The van der Waals surface area contributed by atoms with Crippen molar-refractivity contribution in [2.24, 2.45) is 0 Å². The van der Waals surface area contributed by atoms with Crippen LogP contribution in [-0.2, 0) is 10.9 Å². The maximum atomic E-state index is 12.8. The maximum Gasteiger partial charge on any atom is 0.433 e. The van der Waals surface area contributed by atoms with Gasteiger partial charge in [-0.1, -0.05) is 18.2 Å². The molecule has 1 aromatic carbocycles. The lowest BCUT2D eigenvalue weighted by Gasteiger charge is -2.14. The van der Waals surface area contributed by atoms with Gasteiger partial charge in [-0.2, -0.15) is 13.2 Å². The summed E-state index contributed by atoms with van der Waals surface area (Å²) in [5.74, 6) is -1.40. The highest BCUT2D eigenvalue weighted by Gasteiger charge is 2.33. The van der Waals surface area contributed by atoms with Gasteiger partial charge in [0, 0.05) is 5.69 Å². The van der Waals surface area contributed by atoms with E-state index in [0.717, 1.165) is 13.2 Å². The number of nitrogens with one attached hydrogen (secondary N) is 3. The third kappa shape index (κ3) is 4.83. The number of rotatable bonds is 4. The molecule has 2 amide bonds. The third-order valence-electron chi connectivity index (χ3n) is 2.92. The number of anilines is 2. The molecule has 7 nitrogen and oxygen atoms in total. The molecule has 0 atom stereocenters. The second kappa shape index (κ2) is 7.51. The molecule has 0 fully saturated rings. The van der Waals surface area contributed by atoms with E-state index in [4.69, 9.17) is 0 Å². The number of carbonyl (C=O) groups is 2. The van der Waals surface area contributed by atoms with Crippen LogP contribution in [0.25, 0.3) is 0 Å². The summed E-state index contributed by atoms with van der Waals surface area (Å²) in [5.41, 5.74) is 3.26. The molecule has 0 saturated carbocycles. The van der Waals surface area contributed by atoms with Crippen molar-refractivity contribution >= 4 is 23.5 Å². The minimum absolute atomic E-state index is 0.268.